The molecule has 1 unspecified atom stereocenters. The van der Waals surface area contributed by atoms with Crippen molar-refractivity contribution >= 4 is 10.9 Å². The molecule has 0 saturated heterocycles. The van der Waals surface area contributed by atoms with Gasteiger partial charge in [0.1, 0.15) is 11.4 Å². The Hall–Kier alpha value is -2.47. The van der Waals surface area contributed by atoms with Crippen molar-refractivity contribution in [3.05, 3.63) is 77.2 Å². The third-order valence-corrected chi connectivity index (χ3v) is 6.30. The fourth-order valence-electron chi connectivity index (χ4n) is 4.70. The number of fused-ring (bicyclic) bond motifs is 1. The van der Waals surface area contributed by atoms with Gasteiger partial charge in [0.05, 0.1) is 5.52 Å². The van der Waals surface area contributed by atoms with Crippen LogP contribution < -0.4 is 5.32 Å². The van der Waals surface area contributed by atoms with Crippen molar-refractivity contribution in [1.82, 2.24) is 10.3 Å². The molecule has 0 aliphatic carbocycles. The van der Waals surface area contributed by atoms with Crippen LogP contribution >= 0.6 is 0 Å². The van der Waals surface area contributed by atoms with Gasteiger partial charge in [-0.25, -0.2) is 4.39 Å². The van der Waals surface area contributed by atoms with Gasteiger partial charge in [-0.1, -0.05) is 65.8 Å². The predicted molar refractivity (Wildman–Crippen MR) is 137 cm³/mol. The van der Waals surface area contributed by atoms with E-state index < -0.39 is 22.9 Å². The number of hydrogen-bond acceptors (Lipinski definition) is 2. The van der Waals surface area contributed by atoms with Gasteiger partial charge in [0, 0.05) is 18.0 Å². The largest absolute Gasteiger partial charge is 0.406 e. The van der Waals surface area contributed by atoms with Gasteiger partial charge in [-0.05, 0) is 72.2 Å². The molecule has 0 saturated carbocycles. The summed E-state index contributed by atoms with van der Waals surface area (Å²) in [6, 6.07) is 13.2. The Morgan fingerprint density at radius 3 is 2.26 bits per heavy atom. The van der Waals surface area contributed by atoms with E-state index in [1.807, 2.05) is 52.8 Å². The fourth-order valence-corrected chi connectivity index (χ4v) is 4.70. The minimum absolute atomic E-state index is 0.0277. The highest BCUT2D eigenvalue weighted by Gasteiger charge is 2.56. The minimum Gasteiger partial charge on any atom is -0.303 e. The average molecular weight is 491 g/mol. The van der Waals surface area contributed by atoms with E-state index in [1.165, 1.54) is 12.1 Å². The molecule has 1 atom stereocenters. The maximum atomic E-state index is 15.0. The Morgan fingerprint density at radius 2 is 1.63 bits per heavy atom. The molecule has 0 bridgehead atoms. The standard InChI is InChI=1S/C27H32F4N2.C2H6/c1-18(2)16-33-26(27(29,30)31,15-20-12-13-32-24-9-7-6-8-22(20)24)17-25(4,5)23-14-21(28)11-10-19(23)3;1-2/h6-14,18,33H,15-17H2,1-5H3;1-2H3. The third-order valence-electron chi connectivity index (χ3n) is 6.30. The number of rotatable bonds is 8. The van der Waals surface area contributed by atoms with Crippen LogP contribution in [0.4, 0.5) is 17.6 Å². The molecule has 3 aromatic rings. The fraction of sp³-hybridized carbons (Fsp3) is 0.483. The van der Waals surface area contributed by atoms with Gasteiger partial charge < -0.3 is 5.32 Å². The Bertz CT molecular complexity index is 1100. The van der Waals surface area contributed by atoms with Crippen LogP contribution in [0, 0.1) is 18.7 Å². The molecular formula is C29H38F4N2. The number of alkyl halides is 3. The monoisotopic (exact) mass is 490 g/mol. The van der Waals surface area contributed by atoms with E-state index in [9.17, 15) is 17.6 Å². The number of benzene rings is 2. The van der Waals surface area contributed by atoms with E-state index in [4.69, 9.17) is 0 Å². The molecule has 0 amide bonds. The highest BCUT2D eigenvalue weighted by Crippen LogP contribution is 2.44. The van der Waals surface area contributed by atoms with Crippen molar-refractivity contribution in [3.63, 3.8) is 0 Å². The molecule has 6 heteroatoms. The van der Waals surface area contributed by atoms with Crippen molar-refractivity contribution in [2.45, 2.75) is 78.4 Å². The lowest BCUT2D eigenvalue weighted by Gasteiger charge is -2.43. The lowest BCUT2D eigenvalue weighted by Crippen LogP contribution is -2.61. The van der Waals surface area contributed by atoms with Gasteiger partial charge in [0.2, 0.25) is 0 Å². The molecule has 0 fully saturated rings. The van der Waals surface area contributed by atoms with Crippen molar-refractivity contribution in [2.24, 2.45) is 5.92 Å². The molecule has 0 radical (unpaired) electrons. The van der Waals surface area contributed by atoms with Crippen LogP contribution in [-0.4, -0.2) is 23.2 Å². The summed E-state index contributed by atoms with van der Waals surface area (Å²) in [7, 11) is 0. The second-order valence-corrected chi connectivity index (χ2v) is 10.0. The van der Waals surface area contributed by atoms with Gasteiger partial charge in [0.15, 0.2) is 0 Å². The summed E-state index contributed by atoms with van der Waals surface area (Å²) < 4.78 is 59.0. The van der Waals surface area contributed by atoms with Crippen molar-refractivity contribution in [2.75, 3.05) is 6.54 Å². The number of halogens is 4. The molecule has 1 N–H and O–H groups in total. The van der Waals surface area contributed by atoms with Gasteiger partial charge in [0.25, 0.3) is 0 Å². The van der Waals surface area contributed by atoms with Crippen molar-refractivity contribution in [3.8, 4) is 0 Å². The first-order valence-electron chi connectivity index (χ1n) is 12.3. The van der Waals surface area contributed by atoms with Crippen LogP contribution in [0.15, 0.2) is 54.7 Å². The SMILES string of the molecule is CC.Cc1ccc(F)cc1C(C)(C)CC(Cc1ccnc2ccccc12)(NCC(C)C)C(F)(F)F. The summed E-state index contributed by atoms with van der Waals surface area (Å²) >= 11 is 0. The zero-order valence-corrected chi connectivity index (χ0v) is 21.9. The first-order valence-corrected chi connectivity index (χ1v) is 12.3. The summed E-state index contributed by atoms with van der Waals surface area (Å²) in [4.78, 5) is 4.31. The van der Waals surface area contributed by atoms with E-state index in [-0.39, 0.29) is 25.3 Å². The topological polar surface area (TPSA) is 24.9 Å². The Balaban J connectivity index is 0.00000210. The van der Waals surface area contributed by atoms with Crippen LogP contribution in [0.25, 0.3) is 10.9 Å². The molecule has 0 aliphatic rings. The molecule has 1 heterocycles. The number of aromatic nitrogens is 1. The molecule has 192 valence electrons. The Morgan fingerprint density at radius 1 is 0.971 bits per heavy atom. The second-order valence-electron chi connectivity index (χ2n) is 10.0. The van der Waals surface area contributed by atoms with Crippen molar-refractivity contribution in [1.29, 1.82) is 0 Å². The highest BCUT2D eigenvalue weighted by atomic mass is 19.4. The first kappa shape index (κ1) is 28.8. The van der Waals surface area contributed by atoms with Gasteiger partial charge in [-0.15, -0.1) is 0 Å². The molecule has 0 spiro atoms. The maximum Gasteiger partial charge on any atom is 0.406 e. The molecular weight excluding hydrogens is 452 g/mol. The van der Waals surface area contributed by atoms with E-state index in [1.54, 1.807) is 38.2 Å². The van der Waals surface area contributed by atoms with E-state index in [2.05, 4.69) is 10.3 Å². The third kappa shape index (κ3) is 6.81. The molecule has 0 aliphatic heterocycles. The smallest absolute Gasteiger partial charge is 0.303 e. The van der Waals surface area contributed by atoms with E-state index in [0.29, 0.717) is 22.0 Å². The van der Waals surface area contributed by atoms with Crippen LogP contribution in [0.3, 0.4) is 0 Å². The maximum absolute atomic E-state index is 15.0. The van der Waals surface area contributed by atoms with E-state index >= 15 is 0 Å². The summed E-state index contributed by atoms with van der Waals surface area (Å²) in [6.07, 6.45) is -3.46. The lowest BCUT2D eigenvalue weighted by atomic mass is 9.70. The van der Waals surface area contributed by atoms with Crippen LogP contribution in [0.5, 0.6) is 0 Å². The summed E-state index contributed by atoms with van der Waals surface area (Å²) in [5.74, 6) is -0.420. The molecule has 1 aromatic heterocycles. The van der Waals surface area contributed by atoms with Crippen LogP contribution in [-0.2, 0) is 11.8 Å². The number of aryl methyl sites for hydroxylation is 1. The first-order chi connectivity index (χ1) is 16.3. The zero-order chi connectivity index (χ0) is 26.4. The quantitative estimate of drug-likeness (QED) is 0.322. The van der Waals surface area contributed by atoms with Gasteiger partial charge >= 0.3 is 6.18 Å². The van der Waals surface area contributed by atoms with Crippen LogP contribution in [0.1, 0.15) is 64.7 Å². The highest BCUT2D eigenvalue weighted by molar-refractivity contribution is 5.82. The van der Waals surface area contributed by atoms with Crippen molar-refractivity contribution < 1.29 is 17.6 Å². The summed E-state index contributed by atoms with van der Waals surface area (Å²) in [5.41, 5.74) is -0.535. The van der Waals surface area contributed by atoms with Gasteiger partial charge in [-0.3, -0.25) is 4.98 Å². The average Bonchev–Trinajstić information content (AvgIpc) is 2.79. The minimum atomic E-state index is -4.54. The normalized spacial score (nSPS) is 13.9. The zero-order valence-electron chi connectivity index (χ0n) is 21.9. The van der Waals surface area contributed by atoms with Gasteiger partial charge in [-0.2, -0.15) is 13.2 Å². The molecule has 3 rings (SSSR count). The number of para-hydroxylation sites is 1. The van der Waals surface area contributed by atoms with E-state index in [0.717, 1.165) is 5.56 Å². The molecule has 35 heavy (non-hydrogen) atoms. The second kappa shape index (κ2) is 11.5. The molecule has 2 aromatic carbocycles. The number of hydrogen-bond donors (Lipinski definition) is 1. The Kier molecular flexibility index (Phi) is 9.46. The lowest BCUT2D eigenvalue weighted by molar-refractivity contribution is -0.203. The number of nitrogens with one attached hydrogen (secondary N) is 1. The number of pyridine rings is 1. The summed E-state index contributed by atoms with van der Waals surface area (Å²) in [5, 5.41) is 3.61. The predicted octanol–water partition coefficient (Wildman–Crippen LogP) is 8.17. The molecule has 2 nitrogen and oxygen atoms in total. The summed E-state index contributed by atoms with van der Waals surface area (Å²) in [6.45, 7) is 13.3. The Labute approximate surface area is 207 Å². The van der Waals surface area contributed by atoms with Crippen LogP contribution in [0.2, 0.25) is 0 Å². The number of nitrogens with zero attached hydrogens (tertiary/aromatic N) is 1.